The van der Waals surface area contributed by atoms with Gasteiger partial charge in [0.2, 0.25) is 0 Å². The Morgan fingerprint density at radius 3 is 2.42 bits per heavy atom. The van der Waals surface area contributed by atoms with Crippen molar-refractivity contribution in [1.82, 2.24) is 4.57 Å². The van der Waals surface area contributed by atoms with Gasteiger partial charge in [-0.3, -0.25) is 4.79 Å². The molecule has 0 amide bonds. The Kier molecular flexibility index (Phi) is 5.74. The zero-order valence-electron chi connectivity index (χ0n) is 14.9. The minimum Gasteiger partial charge on any atom is -0.492 e. The van der Waals surface area contributed by atoms with E-state index in [1.54, 1.807) is 0 Å². The van der Waals surface area contributed by atoms with Crippen LogP contribution >= 0.6 is 0 Å². The van der Waals surface area contributed by atoms with Crippen molar-refractivity contribution in [2.24, 2.45) is 0 Å². The summed E-state index contributed by atoms with van der Waals surface area (Å²) in [5, 5.41) is 9.01. The lowest BCUT2D eigenvalue weighted by Crippen LogP contribution is -2.13. The Bertz CT molecular complexity index is 851. The van der Waals surface area contributed by atoms with Gasteiger partial charge in [0, 0.05) is 11.4 Å². The Balaban J connectivity index is 1.80. The van der Waals surface area contributed by atoms with Crippen molar-refractivity contribution >= 4 is 5.97 Å². The fourth-order valence-corrected chi connectivity index (χ4v) is 2.98. The number of carboxylic acids is 1. The van der Waals surface area contributed by atoms with E-state index in [9.17, 15) is 4.79 Å². The summed E-state index contributed by atoms with van der Waals surface area (Å²) >= 11 is 0. The molecule has 0 fully saturated rings. The largest absolute Gasteiger partial charge is 0.492 e. The number of aromatic nitrogens is 1. The maximum absolute atomic E-state index is 11.0. The summed E-state index contributed by atoms with van der Waals surface area (Å²) in [5.74, 6) is 0.0544. The zero-order chi connectivity index (χ0) is 18.4. The first kappa shape index (κ1) is 17.8. The Morgan fingerprint density at radius 1 is 1.00 bits per heavy atom. The first-order chi connectivity index (χ1) is 12.6. The topological polar surface area (TPSA) is 51.5 Å². The summed E-state index contributed by atoms with van der Waals surface area (Å²) in [5.41, 5.74) is 4.43. The molecule has 3 aromatic rings. The highest BCUT2D eigenvalue weighted by Crippen LogP contribution is 2.24. The lowest BCUT2D eigenvalue weighted by atomic mass is 10.1. The molecule has 4 heteroatoms. The van der Waals surface area contributed by atoms with E-state index in [1.165, 1.54) is 5.56 Å². The Morgan fingerprint density at radius 2 is 1.73 bits per heavy atom. The van der Waals surface area contributed by atoms with Crippen LogP contribution in [-0.4, -0.2) is 22.2 Å². The normalized spacial score (nSPS) is 10.7. The summed E-state index contributed by atoms with van der Waals surface area (Å²) in [6.07, 6.45) is 0.628. The molecule has 0 radical (unpaired) electrons. The molecule has 4 nitrogen and oxygen atoms in total. The van der Waals surface area contributed by atoms with E-state index in [2.05, 4.69) is 41.8 Å². The number of carboxylic acid groups (broad SMARTS) is 1. The third-order valence-corrected chi connectivity index (χ3v) is 4.34. The smallest absolute Gasteiger partial charge is 0.303 e. The highest BCUT2D eigenvalue weighted by molar-refractivity contribution is 5.67. The first-order valence-corrected chi connectivity index (χ1v) is 8.78. The van der Waals surface area contributed by atoms with E-state index in [-0.39, 0.29) is 6.42 Å². The van der Waals surface area contributed by atoms with Crippen LogP contribution in [0.25, 0.3) is 11.3 Å². The van der Waals surface area contributed by atoms with Gasteiger partial charge in [0.15, 0.2) is 0 Å². The monoisotopic (exact) mass is 349 g/mol. The van der Waals surface area contributed by atoms with Crippen molar-refractivity contribution in [3.63, 3.8) is 0 Å². The van der Waals surface area contributed by atoms with Gasteiger partial charge in [0.05, 0.1) is 13.0 Å². The number of hydrogen-bond acceptors (Lipinski definition) is 2. The number of hydrogen-bond donors (Lipinski definition) is 1. The Labute approximate surface area is 153 Å². The van der Waals surface area contributed by atoms with Crippen molar-refractivity contribution in [2.45, 2.75) is 26.3 Å². The predicted octanol–water partition coefficient (Wildman–Crippen LogP) is 4.56. The lowest BCUT2D eigenvalue weighted by molar-refractivity contribution is -0.136. The molecule has 0 bridgehead atoms. The van der Waals surface area contributed by atoms with E-state index in [0.29, 0.717) is 19.6 Å². The zero-order valence-corrected chi connectivity index (χ0v) is 14.9. The highest BCUT2D eigenvalue weighted by atomic mass is 16.5. The number of benzene rings is 2. The average Bonchev–Trinajstić information content (AvgIpc) is 3.04. The molecular weight excluding hydrogens is 326 g/mol. The van der Waals surface area contributed by atoms with Gasteiger partial charge in [-0.15, -0.1) is 0 Å². The minimum atomic E-state index is -0.782. The SMILES string of the molecule is Cc1ccc(-c2ccc(CCC(=O)O)n2CCOc2ccccc2)cc1. The molecular formula is C22H23NO3. The van der Waals surface area contributed by atoms with Gasteiger partial charge < -0.3 is 14.4 Å². The first-order valence-electron chi connectivity index (χ1n) is 8.78. The molecule has 1 aromatic heterocycles. The number of aliphatic carboxylic acids is 1. The molecule has 26 heavy (non-hydrogen) atoms. The number of nitrogens with zero attached hydrogens (tertiary/aromatic N) is 1. The van der Waals surface area contributed by atoms with Gasteiger partial charge in [0.1, 0.15) is 12.4 Å². The van der Waals surface area contributed by atoms with Crippen LogP contribution in [0.3, 0.4) is 0 Å². The quantitative estimate of drug-likeness (QED) is 0.648. The third-order valence-electron chi connectivity index (χ3n) is 4.34. The summed E-state index contributed by atoms with van der Waals surface area (Å²) in [6.45, 7) is 3.26. The molecule has 3 rings (SSSR count). The third kappa shape index (κ3) is 4.54. The van der Waals surface area contributed by atoms with Crippen LogP contribution in [0.5, 0.6) is 5.75 Å². The summed E-state index contributed by atoms with van der Waals surface area (Å²) in [6, 6.07) is 22.2. The molecule has 1 N–H and O–H groups in total. The number of aryl methyl sites for hydroxylation is 2. The van der Waals surface area contributed by atoms with Crippen molar-refractivity contribution in [2.75, 3.05) is 6.61 Å². The second kappa shape index (κ2) is 8.39. The van der Waals surface area contributed by atoms with Crippen molar-refractivity contribution < 1.29 is 14.6 Å². The maximum Gasteiger partial charge on any atom is 0.303 e. The van der Waals surface area contributed by atoms with Crippen LogP contribution in [0.4, 0.5) is 0 Å². The molecule has 0 spiro atoms. The van der Waals surface area contributed by atoms with Crippen molar-refractivity contribution in [1.29, 1.82) is 0 Å². The van der Waals surface area contributed by atoms with E-state index >= 15 is 0 Å². The van der Waals surface area contributed by atoms with Crippen molar-refractivity contribution in [3.05, 3.63) is 78.0 Å². The van der Waals surface area contributed by atoms with E-state index < -0.39 is 5.97 Å². The molecule has 134 valence electrons. The van der Waals surface area contributed by atoms with Gasteiger partial charge in [-0.05, 0) is 43.2 Å². The van der Waals surface area contributed by atoms with E-state index in [4.69, 9.17) is 9.84 Å². The van der Waals surface area contributed by atoms with Crippen LogP contribution in [0.1, 0.15) is 17.7 Å². The molecule has 0 aliphatic rings. The fraction of sp³-hybridized carbons (Fsp3) is 0.227. The molecule has 0 aliphatic heterocycles. The Hall–Kier alpha value is -3.01. The molecule has 0 saturated carbocycles. The summed E-state index contributed by atoms with van der Waals surface area (Å²) in [4.78, 5) is 11.0. The van der Waals surface area contributed by atoms with Crippen molar-refractivity contribution in [3.8, 4) is 17.0 Å². The van der Waals surface area contributed by atoms with E-state index in [1.807, 2.05) is 36.4 Å². The lowest BCUT2D eigenvalue weighted by Gasteiger charge is -2.14. The van der Waals surface area contributed by atoms with Crippen LogP contribution in [0.15, 0.2) is 66.7 Å². The fourth-order valence-electron chi connectivity index (χ4n) is 2.98. The second-order valence-electron chi connectivity index (χ2n) is 6.28. The summed E-state index contributed by atoms with van der Waals surface area (Å²) < 4.78 is 8.00. The molecule has 0 unspecified atom stereocenters. The maximum atomic E-state index is 11.0. The molecule has 0 aliphatic carbocycles. The molecule has 0 saturated heterocycles. The number of carbonyl (C=O) groups is 1. The highest BCUT2D eigenvalue weighted by Gasteiger charge is 2.11. The number of rotatable bonds is 8. The molecule has 0 atom stereocenters. The van der Waals surface area contributed by atoms with E-state index in [0.717, 1.165) is 22.7 Å². The van der Waals surface area contributed by atoms with Crippen LogP contribution < -0.4 is 4.74 Å². The predicted molar refractivity (Wildman–Crippen MR) is 102 cm³/mol. The molecule has 2 aromatic carbocycles. The van der Waals surface area contributed by atoms with Crippen LogP contribution in [0.2, 0.25) is 0 Å². The second-order valence-corrected chi connectivity index (χ2v) is 6.28. The van der Waals surface area contributed by atoms with Gasteiger partial charge in [-0.1, -0.05) is 48.0 Å². The van der Waals surface area contributed by atoms with Gasteiger partial charge >= 0.3 is 5.97 Å². The van der Waals surface area contributed by atoms with Gasteiger partial charge in [-0.25, -0.2) is 0 Å². The minimum absolute atomic E-state index is 0.122. The van der Waals surface area contributed by atoms with Crippen LogP contribution in [0, 0.1) is 6.92 Å². The molecule has 1 heterocycles. The number of ether oxygens (including phenoxy) is 1. The number of para-hydroxylation sites is 1. The standard InChI is InChI=1S/C22H23NO3/c1-17-7-9-18(10-8-17)21-13-11-19(12-14-22(24)25)23(21)15-16-26-20-5-3-2-4-6-20/h2-11,13H,12,14-16H2,1H3,(H,24,25). The van der Waals surface area contributed by atoms with Gasteiger partial charge in [0.25, 0.3) is 0 Å². The summed E-state index contributed by atoms with van der Waals surface area (Å²) in [7, 11) is 0. The average molecular weight is 349 g/mol. The van der Waals surface area contributed by atoms with Gasteiger partial charge in [-0.2, -0.15) is 0 Å². The van der Waals surface area contributed by atoms with Crippen LogP contribution in [-0.2, 0) is 17.8 Å².